The largest absolute Gasteiger partial charge is 0.361 e. The monoisotopic (exact) mass is 233 g/mol. The van der Waals surface area contributed by atoms with Crippen molar-refractivity contribution in [2.75, 3.05) is 20.6 Å². The molecule has 0 bridgehead atoms. The van der Waals surface area contributed by atoms with Gasteiger partial charge in [0.1, 0.15) is 0 Å². The van der Waals surface area contributed by atoms with Gasteiger partial charge in [0.2, 0.25) is 0 Å². The molecular formula is C12H15N3O2. The number of nitrogens with one attached hydrogen (secondary N) is 1. The summed E-state index contributed by atoms with van der Waals surface area (Å²) in [7, 11) is 3.98. The maximum absolute atomic E-state index is 10.8. The fraction of sp³-hybridized carbons (Fsp3) is 0.333. The zero-order valence-electron chi connectivity index (χ0n) is 9.93. The number of benzene rings is 1. The van der Waals surface area contributed by atoms with Crippen molar-refractivity contribution in [1.29, 1.82) is 0 Å². The van der Waals surface area contributed by atoms with Crippen molar-refractivity contribution in [3.8, 4) is 0 Å². The molecule has 17 heavy (non-hydrogen) atoms. The predicted octanol–water partition coefficient (Wildman–Crippen LogP) is 2.18. The van der Waals surface area contributed by atoms with E-state index < -0.39 is 0 Å². The van der Waals surface area contributed by atoms with Gasteiger partial charge in [0.05, 0.1) is 10.4 Å². The molecule has 0 radical (unpaired) electrons. The fourth-order valence-corrected chi connectivity index (χ4v) is 1.88. The first-order valence-electron chi connectivity index (χ1n) is 5.47. The van der Waals surface area contributed by atoms with Gasteiger partial charge >= 0.3 is 0 Å². The molecule has 2 aromatic rings. The van der Waals surface area contributed by atoms with Gasteiger partial charge in [-0.3, -0.25) is 10.1 Å². The molecule has 0 fully saturated rings. The molecule has 0 atom stereocenters. The first-order valence-corrected chi connectivity index (χ1v) is 5.47. The van der Waals surface area contributed by atoms with Crippen LogP contribution in [0.1, 0.15) is 5.56 Å². The molecule has 1 heterocycles. The van der Waals surface area contributed by atoms with Gasteiger partial charge in [-0.1, -0.05) is 0 Å². The molecule has 5 nitrogen and oxygen atoms in total. The lowest BCUT2D eigenvalue weighted by Gasteiger charge is -2.10. The molecule has 1 aromatic carbocycles. The van der Waals surface area contributed by atoms with E-state index in [0.29, 0.717) is 0 Å². The Morgan fingerprint density at radius 1 is 1.41 bits per heavy atom. The van der Waals surface area contributed by atoms with Crippen LogP contribution in [-0.4, -0.2) is 35.4 Å². The van der Waals surface area contributed by atoms with Crippen LogP contribution in [-0.2, 0) is 6.42 Å². The molecule has 1 N–H and O–H groups in total. The van der Waals surface area contributed by atoms with Crippen molar-refractivity contribution in [1.82, 2.24) is 9.88 Å². The van der Waals surface area contributed by atoms with Crippen LogP contribution in [0.3, 0.4) is 0 Å². The first kappa shape index (κ1) is 11.6. The molecule has 0 saturated carbocycles. The van der Waals surface area contributed by atoms with Crippen molar-refractivity contribution in [3.05, 3.63) is 40.1 Å². The van der Waals surface area contributed by atoms with E-state index in [0.717, 1.165) is 29.4 Å². The van der Waals surface area contributed by atoms with Gasteiger partial charge in [0.25, 0.3) is 5.69 Å². The molecular weight excluding hydrogens is 218 g/mol. The van der Waals surface area contributed by atoms with Crippen LogP contribution in [0.25, 0.3) is 10.9 Å². The van der Waals surface area contributed by atoms with Crippen molar-refractivity contribution < 1.29 is 4.92 Å². The maximum Gasteiger partial charge on any atom is 0.271 e. The summed E-state index contributed by atoms with van der Waals surface area (Å²) >= 11 is 0. The number of fused-ring (bicyclic) bond motifs is 1. The fourth-order valence-electron chi connectivity index (χ4n) is 1.88. The molecule has 5 heteroatoms. The van der Waals surface area contributed by atoms with E-state index in [9.17, 15) is 10.1 Å². The molecule has 0 unspecified atom stereocenters. The van der Waals surface area contributed by atoms with E-state index in [1.807, 2.05) is 26.4 Å². The number of rotatable bonds is 4. The van der Waals surface area contributed by atoms with Crippen LogP contribution in [0.2, 0.25) is 0 Å². The van der Waals surface area contributed by atoms with E-state index >= 15 is 0 Å². The second-order valence-corrected chi connectivity index (χ2v) is 4.35. The lowest BCUT2D eigenvalue weighted by Crippen LogP contribution is -2.15. The number of aromatic amines is 1. The Balaban J connectivity index is 2.43. The highest BCUT2D eigenvalue weighted by Crippen LogP contribution is 2.24. The van der Waals surface area contributed by atoms with Gasteiger partial charge in [-0.25, -0.2) is 0 Å². The second kappa shape index (κ2) is 4.55. The van der Waals surface area contributed by atoms with Gasteiger partial charge < -0.3 is 9.88 Å². The SMILES string of the molecule is CN(C)CCc1cc([N+](=O)[O-])cc2[nH]ccc12. The summed E-state index contributed by atoms with van der Waals surface area (Å²) in [6.07, 6.45) is 2.62. The van der Waals surface area contributed by atoms with Crippen molar-refractivity contribution >= 4 is 16.6 Å². The number of nitro groups is 1. The summed E-state index contributed by atoms with van der Waals surface area (Å²) < 4.78 is 0. The Labute approximate surface area is 99.2 Å². The first-order chi connectivity index (χ1) is 8.08. The zero-order valence-corrected chi connectivity index (χ0v) is 9.93. The summed E-state index contributed by atoms with van der Waals surface area (Å²) in [6, 6.07) is 5.21. The van der Waals surface area contributed by atoms with Crippen LogP contribution in [0, 0.1) is 10.1 Å². The lowest BCUT2D eigenvalue weighted by atomic mass is 10.1. The van der Waals surface area contributed by atoms with E-state index in [2.05, 4.69) is 9.88 Å². The molecule has 90 valence electrons. The Morgan fingerprint density at radius 2 is 2.18 bits per heavy atom. The number of non-ortho nitro benzene ring substituents is 1. The number of H-pyrrole nitrogens is 1. The average molecular weight is 233 g/mol. The number of nitro benzene ring substituents is 1. The quantitative estimate of drug-likeness (QED) is 0.650. The highest BCUT2D eigenvalue weighted by molar-refractivity contribution is 5.85. The zero-order chi connectivity index (χ0) is 12.4. The summed E-state index contributed by atoms with van der Waals surface area (Å²) in [6.45, 7) is 0.876. The summed E-state index contributed by atoms with van der Waals surface area (Å²) in [5, 5.41) is 11.9. The van der Waals surface area contributed by atoms with E-state index in [-0.39, 0.29) is 10.6 Å². The number of nitrogens with zero attached hydrogens (tertiary/aromatic N) is 2. The van der Waals surface area contributed by atoms with Gasteiger partial charge in [-0.05, 0) is 32.1 Å². The molecule has 2 rings (SSSR count). The van der Waals surface area contributed by atoms with Crippen LogP contribution in [0.15, 0.2) is 24.4 Å². The molecule has 0 aliphatic rings. The van der Waals surface area contributed by atoms with Gasteiger partial charge in [-0.2, -0.15) is 0 Å². The van der Waals surface area contributed by atoms with Gasteiger partial charge in [-0.15, -0.1) is 0 Å². The Morgan fingerprint density at radius 3 is 2.82 bits per heavy atom. The maximum atomic E-state index is 10.8. The molecule has 1 aromatic heterocycles. The van der Waals surface area contributed by atoms with Crippen LogP contribution in [0.5, 0.6) is 0 Å². The summed E-state index contributed by atoms with van der Waals surface area (Å²) in [5.74, 6) is 0. The Kier molecular flexibility index (Phi) is 3.10. The number of hydrogen-bond donors (Lipinski definition) is 1. The van der Waals surface area contributed by atoms with E-state index in [1.54, 1.807) is 12.1 Å². The minimum Gasteiger partial charge on any atom is -0.361 e. The third kappa shape index (κ3) is 2.45. The van der Waals surface area contributed by atoms with Gasteiger partial charge in [0, 0.05) is 30.3 Å². The summed E-state index contributed by atoms with van der Waals surface area (Å²) in [5.41, 5.74) is 1.99. The topological polar surface area (TPSA) is 62.2 Å². The standard InChI is InChI=1S/C12H15N3O2/c1-14(2)6-4-9-7-10(15(16)17)8-12-11(9)3-5-13-12/h3,5,7-8,13H,4,6H2,1-2H3. The van der Waals surface area contributed by atoms with Crippen LogP contribution >= 0.6 is 0 Å². The average Bonchev–Trinajstić information content (AvgIpc) is 2.73. The van der Waals surface area contributed by atoms with Crippen LogP contribution in [0.4, 0.5) is 5.69 Å². The smallest absolute Gasteiger partial charge is 0.271 e. The van der Waals surface area contributed by atoms with Gasteiger partial charge in [0.15, 0.2) is 0 Å². The number of likely N-dealkylation sites (N-methyl/N-ethyl adjacent to an activating group) is 1. The normalized spacial score (nSPS) is 11.2. The van der Waals surface area contributed by atoms with E-state index in [1.165, 1.54) is 0 Å². The molecule has 0 aliphatic heterocycles. The van der Waals surface area contributed by atoms with Crippen LogP contribution < -0.4 is 0 Å². The molecule has 0 aliphatic carbocycles. The third-order valence-corrected chi connectivity index (χ3v) is 2.78. The highest BCUT2D eigenvalue weighted by Gasteiger charge is 2.12. The summed E-state index contributed by atoms with van der Waals surface area (Å²) in [4.78, 5) is 15.6. The predicted molar refractivity (Wildman–Crippen MR) is 67.2 cm³/mol. The number of hydrogen-bond acceptors (Lipinski definition) is 3. The Hall–Kier alpha value is -1.88. The van der Waals surface area contributed by atoms with Crippen molar-refractivity contribution in [2.45, 2.75) is 6.42 Å². The van der Waals surface area contributed by atoms with E-state index in [4.69, 9.17) is 0 Å². The second-order valence-electron chi connectivity index (χ2n) is 4.35. The highest BCUT2D eigenvalue weighted by atomic mass is 16.6. The van der Waals surface area contributed by atoms with Crippen molar-refractivity contribution in [3.63, 3.8) is 0 Å². The Bertz CT molecular complexity index is 546. The number of aromatic nitrogens is 1. The lowest BCUT2D eigenvalue weighted by molar-refractivity contribution is -0.384. The molecule has 0 amide bonds. The molecule has 0 spiro atoms. The third-order valence-electron chi connectivity index (χ3n) is 2.78. The minimum absolute atomic E-state index is 0.147. The minimum atomic E-state index is -0.348. The molecule has 0 saturated heterocycles. The van der Waals surface area contributed by atoms with Crippen molar-refractivity contribution in [2.24, 2.45) is 0 Å².